The van der Waals surface area contributed by atoms with E-state index in [1.165, 1.54) is 0 Å². The van der Waals surface area contributed by atoms with Crippen molar-refractivity contribution in [3.8, 4) is 0 Å². The van der Waals surface area contributed by atoms with Gasteiger partial charge in [-0.1, -0.05) is 15.9 Å². The molecule has 0 radical (unpaired) electrons. The van der Waals surface area contributed by atoms with Crippen LogP contribution in [0.4, 0.5) is 0 Å². The molecule has 0 fully saturated rings. The van der Waals surface area contributed by atoms with Gasteiger partial charge < -0.3 is 5.11 Å². The third kappa shape index (κ3) is 2.01. The molecule has 0 amide bonds. The van der Waals surface area contributed by atoms with Gasteiger partial charge in [0.15, 0.2) is 5.05 Å². The number of thiocarbonyl (C=S) groups is 1. The zero-order valence-corrected chi connectivity index (χ0v) is 8.37. The largest absolute Gasteiger partial charge is 0.499 e. The van der Waals surface area contributed by atoms with Crippen molar-refractivity contribution in [2.75, 3.05) is 0 Å². The summed E-state index contributed by atoms with van der Waals surface area (Å²) in [6, 6.07) is 5.56. The first-order valence-corrected chi connectivity index (χ1v) is 4.31. The van der Waals surface area contributed by atoms with E-state index in [0.717, 1.165) is 15.6 Å². The number of rotatable bonds is 1. The Kier molecular flexibility index (Phi) is 2.62. The zero-order chi connectivity index (χ0) is 8.43. The van der Waals surface area contributed by atoms with E-state index in [9.17, 15) is 0 Å². The van der Waals surface area contributed by atoms with Gasteiger partial charge in [0.1, 0.15) is 0 Å². The van der Waals surface area contributed by atoms with Gasteiger partial charge in [-0.05, 0) is 42.9 Å². The molecule has 1 aromatic rings. The average Bonchev–Trinajstić information content (AvgIpc) is 1.85. The second-order valence-corrected chi connectivity index (χ2v) is 3.57. The Balaban J connectivity index is 3.20. The van der Waals surface area contributed by atoms with Gasteiger partial charge in [-0.25, -0.2) is 0 Å². The molecule has 1 nitrogen and oxygen atoms in total. The maximum atomic E-state index is 9.01. The Morgan fingerprint density at radius 3 is 2.64 bits per heavy atom. The van der Waals surface area contributed by atoms with Crippen molar-refractivity contribution in [1.29, 1.82) is 0 Å². The van der Waals surface area contributed by atoms with E-state index < -0.39 is 0 Å². The molecular weight excluding hydrogens is 224 g/mol. The van der Waals surface area contributed by atoms with Crippen LogP contribution in [0.5, 0.6) is 0 Å². The number of aliphatic hydroxyl groups is 1. The highest BCUT2D eigenvalue weighted by Gasteiger charge is 2.01. The van der Waals surface area contributed by atoms with E-state index in [1.54, 1.807) is 6.07 Å². The standard InChI is InChI=1S/C8H7BrOS/c1-5-4-6(9)2-3-7(5)8(10)11/h2-4H,1H3,(H,10,11). The first-order valence-electron chi connectivity index (χ1n) is 3.10. The van der Waals surface area contributed by atoms with E-state index in [1.807, 2.05) is 19.1 Å². The van der Waals surface area contributed by atoms with Crippen LogP contribution in [-0.2, 0) is 0 Å². The molecule has 11 heavy (non-hydrogen) atoms. The fraction of sp³-hybridized carbons (Fsp3) is 0.125. The molecule has 0 aliphatic carbocycles. The minimum Gasteiger partial charge on any atom is -0.499 e. The topological polar surface area (TPSA) is 20.2 Å². The van der Waals surface area contributed by atoms with Gasteiger partial charge in [0.25, 0.3) is 0 Å². The van der Waals surface area contributed by atoms with Crippen LogP contribution in [0.1, 0.15) is 11.1 Å². The minimum absolute atomic E-state index is 0.0463. The molecule has 0 spiro atoms. The van der Waals surface area contributed by atoms with Gasteiger partial charge in [0.05, 0.1) is 0 Å². The fourth-order valence-electron chi connectivity index (χ4n) is 0.867. The molecule has 1 N–H and O–H groups in total. The van der Waals surface area contributed by atoms with Crippen LogP contribution in [0.2, 0.25) is 0 Å². The highest BCUT2D eigenvalue weighted by molar-refractivity contribution is 9.10. The number of benzene rings is 1. The molecule has 0 aromatic heterocycles. The van der Waals surface area contributed by atoms with Crippen molar-refractivity contribution in [3.05, 3.63) is 33.8 Å². The number of aryl methyl sites for hydroxylation is 1. The molecule has 0 atom stereocenters. The second kappa shape index (κ2) is 3.32. The van der Waals surface area contributed by atoms with Crippen LogP contribution >= 0.6 is 28.1 Å². The smallest absolute Gasteiger partial charge is 0.188 e. The van der Waals surface area contributed by atoms with Crippen LogP contribution in [0.15, 0.2) is 22.7 Å². The predicted molar refractivity (Wildman–Crippen MR) is 53.2 cm³/mol. The molecule has 0 aliphatic heterocycles. The Labute approximate surface area is 79.2 Å². The van der Waals surface area contributed by atoms with Crippen LogP contribution in [0.3, 0.4) is 0 Å². The van der Waals surface area contributed by atoms with Gasteiger partial charge in [-0.2, -0.15) is 0 Å². The minimum atomic E-state index is -0.0463. The van der Waals surface area contributed by atoms with Gasteiger partial charge in [0.2, 0.25) is 0 Å². The van der Waals surface area contributed by atoms with E-state index in [0.29, 0.717) is 0 Å². The second-order valence-electron chi connectivity index (χ2n) is 2.26. The molecule has 1 rings (SSSR count). The molecule has 0 heterocycles. The average molecular weight is 231 g/mol. The summed E-state index contributed by atoms with van der Waals surface area (Å²) in [7, 11) is 0. The molecule has 0 bridgehead atoms. The lowest BCUT2D eigenvalue weighted by Crippen LogP contribution is -1.96. The van der Waals surface area contributed by atoms with Crippen molar-refractivity contribution in [2.24, 2.45) is 0 Å². The van der Waals surface area contributed by atoms with Crippen LogP contribution in [-0.4, -0.2) is 10.2 Å². The van der Waals surface area contributed by atoms with Crippen LogP contribution < -0.4 is 0 Å². The van der Waals surface area contributed by atoms with E-state index in [-0.39, 0.29) is 5.05 Å². The van der Waals surface area contributed by atoms with Crippen LogP contribution in [0, 0.1) is 6.92 Å². The summed E-state index contributed by atoms with van der Waals surface area (Å²) in [4.78, 5) is 0. The Bertz CT molecular complexity index is 296. The monoisotopic (exact) mass is 230 g/mol. The Morgan fingerprint density at radius 2 is 2.18 bits per heavy atom. The highest BCUT2D eigenvalue weighted by Crippen LogP contribution is 2.15. The lowest BCUT2D eigenvalue weighted by molar-refractivity contribution is 0.570. The maximum Gasteiger partial charge on any atom is 0.188 e. The normalized spacial score (nSPS) is 9.64. The summed E-state index contributed by atoms with van der Waals surface area (Å²) >= 11 is 7.95. The van der Waals surface area contributed by atoms with Gasteiger partial charge >= 0.3 is 0 Å². The summed E-state index contributed by atoms with van der Waals surface area (Å²) in [6.45, 7) is 1.91. The SMILES string of the molecule is Cc1cc(Br)ccc1C(O)=S. The molecule has 0 aliphatic rings. The Morgan fingerprint density at radius 1 is 1.55 bits per heavy atom. The lowest BCUT2D eigenvalue weighted by Gasteiger charge is -2.01. The van der Waals surface area contributed by atoms with Crippen LogP contribution in [0.25, 0.3) is 0 Å². The summed E-state index contributed by atoms with van der Waals surface area (Å²) in [5.41, 5.74) is 1.70. The summed E-state index contributed by atoms with van der Waals surface area (Å²) in [5, 5.41) is 8.97. The Hall–Kier alpha value is -0.410. The maximum absolute atomic E-state index is 9.01. The number of aliphatic hydroxyl groups excluding tert-OH is 1. The third-order valence-electron chi connectivity index (χ3n) is 1.42. The molecule has 0 saturated carbocycles. The molecule has 3 heteroatoms. The van der Waals surface area contributed by atoms with Crippen molar-refractivity contribution in [3.63, 3.8) is 0 Å². The summed E-state index contributed by atoms with van der Waals surface area (Å²) < 4.78 is 0.995. The molecule has 58 valence electrons. The molecule has 0 unspecified atom stereocenters. The summed E-state index contributed by atoms with van der Waals surface area (Å²) in [5.74, 6) is 0. The fourth-order valence-corrected chi connectivity index (χ4v) is 1.57. The van der Waals surface area contributed by atoms with E-state index >= 15 is 0 Å². The van der Waals surface area contributed by atoms with Gasteiger partial charge in [-0.3, -0.25) is 0 Å². The van der Waals surface area contributed by atoms with Crippen molar-refractivity contribution >= 4 is 33.2 Å². The highest BCUT2D eigenvalue weighted by atomic mass is 79.9. The number of halogens is 1. The summed E-state index contributed by atoms with van der Waals surface area (Å²) in [6.07, 6.45) is 0. The van der Waals surface area contributed by atoms with Crippen molar-refractivity contribution < 1.29 is 5.11 Å². The van der Waals surface area contributed by atoms with Gasteiger partial charge in [0, 0.05) is 10.0 Å². The quantitative estimate of drug-likeness (QED) is 0.749. The number of hydrogen-bond donors (Lipinski definition) is 1. The first kappa shape index (κ1) is 8.68. The van der Waals surface area contributed by atoms with E-state index in [2.05, 4.69) is 28.1 Å². The lowest BCUT2D eigenvalue weighted by atomic mass is 10.1. The third-order valence-corrected chi connectivity index (χ3v) is 2.13. The molecule has 0 saturated heterocycles. The van der Waals surface area contributed by atoms with Crippen molar-refractivity contribution in [1.82, 2.24) is 0 Å². The molecular formula is C8H7BrOS. The predicted octanol–water partition coefficient (Wildman–Crippen LogP) is 2.99. The van der Waals surface area contributed by atoms with Gasteiger partial charge in [-0.15, -0.1) is 0 Å². The van der Waals surface area contributed by atoms with E-state index in [4.69, 9.17) is 5.11 Å². The van der Waals surface area contributed by atoms with Crippen molar-refractivity contribution in [2.45, 2.75) is 6.92 Å². The number of hydrogen-bond acceptors (Lipinski definition) is 1. The zero-order valence-electron chi connectivity index (χ0n) is 5.97. The molecule has 1 aromatic carbocycles. The first-order chi connectivity index (χ1) is 5.11.